The molecule has 4 nitrogen and oxygen atoms in total. The summed E-state index contributed by atoms with van der Waals surface area (Å²) in [5.74, 6) is 1.01. The largest absolute Gasteiger partial charge is 0.344 e. The van der Waals surface area contributed by atoms with Crippen LogP contribution in [0.3, 0.4) is 0 Å². The van der Waals surface area contributed by atoms with E-state index in [1.54, 1.807) is 0 Å². The lowest BCUT2D eigenvalue weighted by atomic mass is 9.85. The molecule has 0 radical (unpaired) electrons. The second-order valence-electron chi connectivity index (χ2n) is 8.55. The molecule has 0 aromatic rings. The summed E-state index contributed by atoms with van der Waals surface area (Å²) < 4.78 is 0. The number of hydrogen-bond donors (Lipinski definition) is 1. The van der Waals surface area contributed by atoms with Gasteiger partial charge in [-0.1, -0.05) is 37.3 Å². The molecule has 3 aliphatic carbocycles. The van der Waals surface area contributed by atoms with Crippen molar-refractivity contribution >= 4 is 0 Å². The summed E-state index contributed by atoms with van der Waals surface area (Å²) in [6, 6.07) is 2.75. The maximum absolute atomic E-state index is 4.60. The minimum absolute atomic E-state index is 0.527. The predicted octanol–water partition coefficient (Wildman–Crippen LogP) is 3.44. The highest BCUT2D eigenvalue weighted by Crippen LogP contribution is 2.35. The third kappa shape index (κ3) is 3.72. The minimum atomic E-state index is 0.527. The number of quaternary nitrogens is 1. The number of nitrogens with zero attached hydrogens (tertiary/aromatic N) is 3. The normalized spacial score (nSPS) is 38.7. The van der Waals surface area contributed by atoms with Gasteiger partial charge in [-0.15, -0.1) is 0 Å². The first-order chi connectivity index (χ1) is 11.4. The van der Waals surface area contributed by atoms with Gasteiger partial charge in [-0.05, 0) is 38.5 Å². The molecule has 4 heteroatoms. The van der Waals surface area contributed by atoms with Crippen LogP contribution in [0, 0.1) is 5.92 Å². The Morgan fingerprint density at radius 1 is 0.783 bits per heavy atom. The lowest BCUT2D eigenvalue weighted by molar-refractivity contribution is -0.697. The second-order valence-corrected chi connectivity index (χ2v) is 8.55. The van der Waals surface area contributed by atoms with Crippen molar-refractivity contribution in [3.63, 3.8) is 0 Å². The lowest BCUT2D eigenvalue weighted by Gasteiger charge is -2.38. The predicted molar refractivity (Wildman–Crippen MR) is 92.2 cm³/mol. The summed E-state index contributed by atoms with van der Waals surface area (Å²) in [5, 5.41) is 14.3. The van der Waals surface area contributed by atoms with Crippen molar-refractivity contribution < 1.29 is 5.32 Å². The average Bonchev–Trinajstić information content (AvgIpc) is 3.05. The van der Waals surface area contributed by atoms with Crippen molar-refractivity contribution in [2.45, 2.75) is 108 Å². The van der Waals surface area contributed by atoms with Crippen LogP contribution in [0.1, 0.15) is 83.5 Å². The fraction of sp³-hybridized carbons (Fsp3) is 1.00. The van der Waals surface area contributed by atoms with E-state index in [0.717, 1.165) is 12.0 Å². The molecule has 0 saturated heterocycles. The summed E-state index contributed by atoms with van der Waals surface area (Å²) in [6.07, 6.45) is 18.2. The molecular weight excluding hydrogens is 284 g/mol. The molecule has 3 saturated carbocycles. The SMILES string of the molecule is C1CCC(C[NH2+]C2CCC(N3N=NC4CCCCC43)CC2)CC1. The molecule has 2 atom stereocenters. The van der Waals surface area contributed by atoms with Gasteiger partial charge in [0.25, 0.3) is 0 Å². The van der Waals surface area contributed by atoms with Crippen molar-refractivity contribution in [1.29, 1.82) is 0 Å². The number of fused-ring (bicyclic) bond motifs is 1. The smallest absolute Gasteiger partial charge is 0.0949 e. The molecule has 1 heterocycles. The zero-order valence-electron chi connectivity index (χ0n) is 14.7. The van der Waals surface area contributed by atoms with Crippen molar-refractivity contribution in [2.75, 3.05) is 6.54 Å². The Balaban J connectivity index is 1.21. The molecule has 0 amide bonds. The van der Waals surface area contributed by atoms with Crippen LogP contribution in [-0.4, -0.2) is 35.7 Å². The Morgan fingerprint density at radius 2 is 1.52 bits per heavy atom. The van der Waals surface area contributed by atoms with E-state index < -0.39 is 0 Å². The Labute approximate surface area is 141 Å². The van der Waals surface area contributed by atoms with E-state index in [9.17, 15) is 0 Å². The van der Waals surface area contributed by atoms with Gasteiger partial charge in [0.1, 0.15) is 0 Å². The summed E-state index contributed by atoms with van der Waals surface area (Å²) in [6.45, 7) is 1.39. The highest BCUT2D eigenvalue weighted by Gasteiger charge is 2.39. The summed E-state index contributed by atoms with van der Waals surface area (Å²) in [7, 11) is 0. The molecule has 3 fully saturated rings. The van der Waals surface area contributed by atoms with E-state index in [-0.39, 0.29) is 0 Å². The summed E-state index contributed by atoms with van der Waals surface area (Å²) in [5.41, 5.74) is 0. The van der Waals surface area contributed by atoms with Gasteiger partial charge in [0.2, 0.25) is 0 Å². The zero-order valence-corrected chi connectivity index (χ0v) is 14.7. The zero-order chi connectivity index (χ0) is 15.5. The first-order valence-electron chi connectivity index (χ1n) is 10.4. The standard InChI is InChI=1S/C19H34N4/c1-2-6-15(7-3-1)14-20-16-10-12-17(13-11-16)23-19-9-5-4-8-18(19)21-22-23/h15-20H,1-14H2/p+1. The van der Waals surface area contributed by atoms with Gasteiger partial charge >= 0.3 is 0 Å². The molecule has 0 aromatic heterocycles. The van der Waals surface area contributed by atoms with E-state index in [4.69, 9.17) is 0 Å². The lowest BCUT2D eigenvalue weighted by Crippen LogP contribution is -2.91. The van der Waals surface area contributed by atoms with Gasteiger partial charge in [-0.2, -0.15) is 5.11 Å². The summed E-state index contributed by atoms with van der Waals surface area (Å²) >= 11 is 0. The van der Waals surface area contributed by atoms with Crippen molar-refractivity contribution in [1.82, 2.24) is 5.01 Å². The van der Waals surface area contributed by atoms with Crippen LogP contribution in [0.2, 0.25) is 0 Å². The Morgan fingerprint density at radius 3 is 2.35 bits per heavy atom. The fourth-order valence-corrected chi connectivity index (χ4v) is 5.48. The molecule has 2 unspecified atom stereocenters. The van der Waals surface area contributed by atoms with Crippen LogP contribution < -0.4 is 5.32 Å². The van der Waals surface area contributed by atoms with Crippen LogP contribution in [-0.2, 0) is 0 Å². The summed E-state index contributed by atoms with van der Waals surface area (Å²) in [4.78, 5) is 0. The molecule has 130 valence electrons. The molecule has 4 rings (SSSR count). The Kier molecular flexibility index (Phi) is 5.17. The number of nitrogens with two attached hydrogens (primary N) is 1. The van der Waals surface area contributed by atoms with Crippen molar-refractivity contribution in [3.8, 4) is 0 Å². The molecule has 0 aromatic carbocycles. The average molecular weight is 320 g/mol. The molecule has 4 aliphatic rings. The first kappa shape index (κ1) is 15.9. The van der Waals surface area contributed by atoms with Crippen LogP contribution in [0.15, 0.2) is 10.3 Å². The van der Waals surface area contributed by atoms with Crippen LogP contribution in [0.25, 0.3) is 0 Å². The van der Waals surface area contributed by atoms with E-state index in [1.165, 1.54) is 90.0 Å². The number of hydrogen-bond acceptors (Lipinski definition) is 3. The molecular formula is C19H35N4+. The molecule has 0 bridgehead atoms. The highest BCUT2D eigenvalue weighted by atomic mass is 15.6. The maximum atomic E-state index is 4.60. The Hall–Kier alpha value is -0.640. The van der Waals surface area contributed by atoms with Crippen molar-refractivity contribution in [3.05, 3.63) is 0 Å². The third-order valence-corrected chi connectivity index (χ3v) is 6.98. The van der Waals surface area contributed by atoms with Gasteiger partial charge in [-0.25, -0.2) is 0 Å². The second kappa shape index (κ2) is 7.50. The quantitative estimate of drug-likeness (QED) is 0.847. The first-order valence-corrected chi connectivity index (χ1v) is 10.4. The van der Waals surface area contributed by atoms with E-state index >= 15 is 0 Å². The topological polar surface area (TPSA) is 44.6 Å². The van der Waals surface area contributed by atoms with E-state index in [1.807, 2.05) is 0 Å². The molecule has 0 spiro atoms. The van der Waals surface area contributed by atoms with Gasteiger partial charge in [0.05, 0.1) is 24.7 Å². The van der Waals surface area contributed by atoms with E-state index in [0.29, 0.717) is 18.1 Å². The fourth-order valence-electron chi connectivity index (χ4n) is 5.48. The third-order valence-electron chi connectivity index (χ3n) is 6.98. The van der Waals surface area contributed by atoms with E-state index in [2.05, 4.69) is 20.7 Å². The maximum Gasteiger partial charge on any atom is 0.0949 e. The monoisotopic (exact) mass is 319 g/mol. The van der Waals surface area contributed by atoms with Gasteiger partial charge in [0, 0.05) is 24.8 Å². The van der Waals surface area contributed by atoms with Gasteiger partial charge in [-0.3, -0.25) is 5.01 Å². The van der Waals surface area contributed by atoms with Gasteiger partial charge in [0.15, 0.2) is 0 Å². The number of rotatable bonds is 4. The Bertz CT molecular complexity index is 396. The van der Waals surface area contributed by atoms with Crippen LogP contribution >= 0.6 is 0 Å². The minimum Gasteiger partial charge on any atom is -0.344 e. The van der Waals surface area contributed by atoms with Crippen LogP contribution in [0.4, 0.5) is 0 Å². The molecule has 1 aliphatic heterocycles. The molecule has 23 heavy (non-hydrogen) atoms. The molecule has 2 N–H and O–H groups in total. The van der Waals surface area contributed by atoms with Crippen LogP contribution in [0.5, 0.6) is 0 Å². The highest BCUT2D eigenvalue weighted by molar-refractivity contribution is 4.93. The van der Waals surface area contributed by atoms with Gasteiger partial charge < -0.3 is 5.32 Å². The van der Waals surface area contributed by atoms with Crippen molar-refractivity contribution in [2.24, 2.45) is 16.3 Å².